The van der Waals surface area contributed by atoms with Crippen molar-refractivity contribution in [2.24, 2.45) is 5.41 Å². The summed E-state index contributed by atoms with van der Waals surface area (Å²) in [6.07, 6.45) is -5.09. The molecule has 4 nitrogen and oxygen atoms in total. The summed E-state index contributed by atoms with van der Waals surface area (Å²) in [5.74, 6) is -0.349. The Kier molecular flexibility index (Phi) is 4.90. The van der Waals surface area contributed by atoms with Crippen LogP contribution in [0.3, 0.4) is 0 Å². The zero-order chi connectivity index (χ0) is 18.1. The Bertz CT molecular complexity index is 665. The van der Waals surface area contributed by atoms with Crippen LogP contribution in [0.4, 0.5) is 13.2 Å². The molecule has 2 rings (SSSR count). The van der Waals surface area contributed by atoms with Gasteiger partial charge < -0.3 is 9.64 Å². The monoisotopic (exact) mass is 340 g/mol. The van der Waals surface area contributed by atoms with E-state index in [2.05, 4.69) is 0 Å². The number of amides is 1. The van der Waals surface area contributed by atoms with Gasteiger partial charge in [-0.25, -0.2) is 0 Å². The average Bonchev–Trinajstić information content (AvgIpc) is 2.54. The smallest absolute Gasteiger partial charge is 0.370 e. The number of rotatable bonds is 2. The van der Waals surface area contributed by atoms with Crippen molar-refractivity contribution in [3.63, 3.8) is 0 Å². The van der Waals surface area contributed by atoms with E-state index in [0.29, 0.717) is 5.56 Å². The van der Waals surface area contributed by atoms with E-state index in [4.69, 9.17) is 10.00 Å². The maximum absolute atomic E-state index is 12.9. The third-order valence-corrected chi connectivity index (χ3v) is 4.09. The predicted octanol–water partition coefficient (Wildman–Crippen LogP) is 3.54. The number of morpholine rings is 1. The van der Waals surface area contributed by atoms with Crippen molar-refractivity contribution in [2.45, 2.75) is 39.1 Å². The lowest BCUT2D eigenvalue weighted by Crippen LogP contribution is -2.52. The maximum Gasteiger partial charge on any atom is 0.416 e. The highest BCUT2D eigenvalue weighted by Gasteiger charge is 2.39. The minimum atomic E-state index is -4.43. The molecule has 7 heteroatoms. The van der Waals surface area contributed by atoms with E-state index in [1.54, 1.807) is 13.0 Å². The zero-order valence-electron chi connectivity index (χ0n) is 13.7. The third kappa shape index (κ3) is 3.70. The molecule has 0 bridgehead atoms. The van der Waals surface area contributed by atoms with Gasteiger partial charge in [0.1, 0.15) is 11.5 Å². The molecule has 0 saturated carbocycles. The molecule has 0 spiro atoms. The normalized spacial score (nSPS) is 22.1. The van der Waals surface area contributed by atoms with Gasteiger partial charge in [-0.05, 0) is 38.5 Å². The van der Waals surface area contributed by atoms with Crippen LogP contribution in [-0.4, -0.2) is 30.0 Å². The largest absolute Gasteiger partial charge is 0.416 e. The van der Waals surface area contributed by atoms with Gasteiger partial charge in [0, 0.05) is 0 Å². The first-order valence-corrected chi connectivity index (χ1v) is 7.57. The molecule has 130 valence electrons. The summed E-state index contributed by atoms with van der Waals surface area (Å²) < 4.78 is 44.2. The van der Waals surface area contributed by atoms with Crippen LogP contribution in [0, 0.1) is 16.7 Å². The van der Waals surface area contributed by atoms with Crippen molar-refractivity contribution in [3.8, 4) is 6.07 Å². The molecule has 24 heavy (non-hydrogen) atoms. The number of ether oxygens (including phenoxy) is 1. The van der Waals surface area contributed by atoms with Crippen molar-refractivity contribution in [1.29, 1.82) is 5.26 Å². The van der Waals surface area contributed by atoms with Gasteiger partial charge in [0.25, 0.3) is 0 Å². The number of hydrogen-bond donors (Lipinski definition) is 0. The second kappa shape index (κ2) is 6.44. The van der Waals surface area contributed by atoms with Crippen LogP contribution in [0.25, 0.3) is 0 Å². The predicted molar refractivity (Wildman–Crippen MR) is 80.7 cm³/mol. The number of hydrogen-bond acceptors (Lipinski definition) is 3. The summed E-state index contributed by atoms with van der Waals surface area (Å²) in [5, 5.41) is 9.14. The Morgan fingerprint density at radius 1 is 1.38 bits per heavy atom. The fourth-order valence-electron chi connectivity index (χ4n) is 2.56. The molecule has 1 heterocycles. The second-order valence-corrected chi connectivity index (χ2v) is 6.49. The summed E-state index contributed by atoms with van der Waals surface area (Å²) in [7, 11) is 0. The van der Waals surface area contributed by atoms with Crippen LogP contribution >= 0.6 is 0 Å². The fourth-order valence-corrected chi connectivity index (χ4v) is 2.56. The lowest BCUT2D eigenvalue weighted by molar-refractivity contribution is -0.151. The van der Waals surface area contributed by atoms with Crippen molar-refractivity contribution >= 4 is 5.91 Å². The van der Waals surface area contributed by atoms with Gasteiger partial charge in [0.2, 0.25) is 5.91 Å². The average molecular weight is 340 g/mol. The van der Waals surface area contributed by atoms with Crippen molar-refractivity contribution in [3.05, 3.63) is 35.4 Å². The maximum atomic E-state index is 12.9. The van der Waals surface area contributed by atoms with Crippen molar-refractivity contribution in [2.75, 3.05) is 13.2 Å². The standard InChI is InChI=1S/C17H19F3N2O2/c1-11-9-24-14(8-22(11)15(23)16(2,3)10-21)12-5-4-6-13(7-12)17(18,19)20/h4-7,11,14H,8-9H2,1-3H3. The molecule has 2 atom stereocenters. The first-order chi connectivity index (χ1) is 11.1. The molecule has 0 aromatic heterocycles. The summed E-state index contributed by atoms with van der Waals surface area (Å²) >= 11 is 0. The number of benzene rings is 1. The van der Waals surface area contributed by atoms with E-state index in [1.165, 1.54) is 24.8 Å². The highest BCUT2D eigenvalue weighted by molar-refractivity contribution is 5.85. The molecule has 1 aromatic rings. The van der Waals surface area contributed by atoms with E-state index >= 15 is 0 Å². The van der Waals surface area contributed by atoms with Crippen LogP contribution in [0.1, 0.15) is 38.0 Å². The molecule has 2 unspecified atom stereocenters. The van der Waals surface area contributed by atoms with Crippen LogP contribution in [0.15, 0.2) is 24.3 Å². The van der Waals surface area contributed by atoms with Gasteiger partial charge >= 0.3 is 6.18 Å². The van der Waals surface area contributed by atoms with Crippen LogP contribution in [-0.2, 0) is 15.7 Å². The van der Waals surface area contributed by atoms with Crippen LogP contribution in [0.5, 0.6) is 0 Å². The molecule has 0 N–H and O–H groups in total. The van der Waals surface area contributed by atoms with E-state index in [0.717, 1.165) is 12.1 Å². The number of carbonyl (C=O) groups excluding carboxylic acids is 1. The van der Waals surface area contributed by atoms with Crippen molar-refractivity contribution in [1.82, 2.24) is 4.90 Å². The first kappa shape index (κ1) is 18.3. The minimum absolute atomic E-state index is 0.117. The summed E-state index contributed by atoms with van der Waals surface area (Å²) in [5.41, 5.74) is -1.58. The van der Waals surface area contributed by atoms with Gasteiger partial charge in [0.05, 0.1) is 30.8 Å². The van der Waals surface area contributed by atoms with Crippen LogP contribution in [0.2, 0.25) is 0 Å². The number of carbonyl (C=O) groups is 1. The molecule has 0 radical (unpaired) electrons. The van der Waals surface area contributed by atoms with E-state index < -0.39 is 23.3 Å². The Balaban J connectivity index is 2.25. The number of nitrogens with zero attached hydrogens (tertiary/aromatic N) is 2. The van der Waals surface area contributed by atoms with E-state index in [9.17, 15) is 18.0 Å². The SMILES string of the molecule is CC1COC(c2cccc(C(F)(F)F)c2)CN1C(=O)C(C)(C)C#N. The lowest BCUT2D eigenvalue weighted by atomic mass is 9.92. The van der Waals surface area contributed by atoms with Crippen molar-refractivity contribution < 1.29 is 22.7 Å². The Morgan fingerprint density at radius 2 is 2.04 bits per heavy atom. The van der Waals surface area contributed by atoms with Gasteiger partial charge in [-0.3, -0.25) is 4.79 Å². The third-order valence-electron chi connectivity index (χ3n) is 4.09. The molecular weight excluding hydrogens is 321 g/mol. The second-order valence-electron chi connectivity index (χ2n) is 6.49. The summed E-state index contributed by atoms with van der Waals surface area (Å²) in [6.45, 7) is 5.15. The highest BCUT2D eigenvalue weighted by Crippen LogP contribution is 2.33. The molecular formula is C17H19F3N2O2. The first-order valence-electron chi connectivity index (χ1n) is 7.57. The Labute approximate surface area is 138 Å². The molecule has 1 aromatic carbocycles. The van der Waals surface area contributed by atoms with Gasteiger partial charge in [-0.1, -0.05) is 12.1 Å². The van der Waals surface area contributed by atoms with Crippen LogP contribution < -0.4 is 0 Å². The molecule has 1 aliphatic rings. The quantitative estimate of drug-likeness (QED) is 0.827. The molecule has 0 aliphatic carbocycles. The van der Waals surface area contributed by atoms with E-state index in [1.807, 2.05) is 6.07 Å². The van der Waals surface area contributed by atoms with Gasteiger partial charge in [0.15, 0.2) is 0 Å². The number of halogens is 3. The topological polar surface area (TPSA) is 53.3 Å². The number of nitriles is 1. The van der Waals surface area contributed by atoms with Gasteiger partial charge in [-0.15, -0.1) is 0 Å². The lowest BCUT2D eigenvalue weighted by Gasteiger charge is -2.40. The van der Waals surface area contributed by atoms with E-state index in [-0.39, 0.29) is 25.1 Å². The van der Waals surface area contributed by atoms with Gasteiger partial charge in [-0.2, -0.15) is 18.4 Å². The summed E-state index contributed by atoms with van der Waals surface area (Å²) in [4.78, 5) is 14.0. The fraction of sp³-hybridized carbons (Fsp3) is 0.529. The highest BCUT2D eigenvalue weighted by atomic mass is 19.4. The number of alkyl halides is 3. The molecule has 1 amide bonds. The summed E-state index contributed by atoms with van der Waals surface area (Å²) in [6, 6.07) is 6.63. The zero-order valence-corrected chi connectivity index (χ0v) is 13.7. The molecule has 1 fully saturated rings. The molecule has 1 saturated heterocycles. The molecule has 1 aliphatic heterocycles. The Morgan fingerprint density at radius 3 is 2.62 bits per heavy atom. The minimum Gasteiger partial charge on any atom is -0.370 e. The Hall–Kier alpha value is -2.07.